The third-order valence-electron chi connectivity index (χ3n) is 3.83. The molecule has 2 N–H and O–H groups in total. The first-order valence-electron chi connectivity index (χ1n) is 7.95. The van der Waals surface area contributed by atoms with Crippen molar-refractivity contribution in [2.45, 2.75) is 32.7 Å². The maximum absolute atomic E-state index is 12.1. The molecule has 0 aliphatic carbocycles. The molecule has 122 valence electrons. The molecule has 0 aromatic carbocycles. The fourth-order valence-electron chi connectivity index (χ4n) is 2.62. The molecule has 0 unspecified atom stereocenters. The molecule has 2 amide bonds. The Hall–Kier alpha value is -2.57. The van der Waals surface area contributed by atoms with Gasteiger partial charge in [0.25, 0.3) is 0 Å². The average Bonchev–Trinajstić information content (AvgIpc) is 3.25. The largest absolute Gasteiger partial charge is 0.359 e. The van der Waals surface area contributed by atoms with Crippen molar-refractivity contribution in [1.29, 1.82) is 0 Å². The summed E-state index contributed by atoms with van der Waals surface area (Å²) in [4.78, 5) is 18.7. The molecule has 1 fully saturated rings. The standard InChI is InChI=1S/C16H21N5O2/c1-2-12-10-13(23-20-12)11-18-16(22)19-14-6-5-7-17-15(14)21-8-3-4-9-21/h5-7,10H,2-4,8-9,11H2,1H3,(H2,18,19,22). The molecule has 7 nitrogen and oxygen atoms in total. The first-order chi connectivity index (χ1) is 11.3. The van der Waals surface area contributed by atoms with Crippen LogP contribution in [0.5, 0.6) is 0 Å². The van der Waals surface area contributed by atoms with Gasteiger partial charge in [0.2, 0.25) is 0 Å². The molecule has 2 aromatic rings. The molecule has 0 bridgehead atoms. The fraction of sp³-hybridized carbons (Fsp3) is 0.438. The second-order valence-corrected chi connectivity index (χ2v) is 5.51. The lowest BCUT2D eigenvalue weighted by atomic mass is 10.3. The second kappa shape index (κ2) is 7.13. The Morgan fingerprint density at radius 3 is 2.96 bits per heavy atom. The Morgan fingerprint density at radius 2 is 2.22 bits per heavy atom. The predicted molar refractivity (Wildman–Crippen MR) is 87.4 cm³/mol. The van der Waals surface area contributed by atoms with Crippen molar-refractivity contribution in [2.75, 3.05) is 23.3 Å². The number of urea groups is 1. The molecule has 1 saturated heterocycles. The number of anilines is 2. The molecule has 3 rings (SSSR count). The number of hydrogen-bond acceptors (Lipinski definition) is 5. The summed E-state index contributed by atoms with van der Waals surface area (Å²) in [5.74, 6) is 1.47. The summed E-state index contributed by atoms with van der Waals surface area (Å²) in [5.41, 5.74) is 1.60. The zero-order valence-corrected chi connectivity index (χ0v) is 13.2. The number of nitrogens with one attached hydrogen (secondary N) is 2. The number of hydrogen-bond donors (Lipinski definition) is 2. The Labute approximate surface area is 135 Å². The average molecular weight is 315 g/mol. The van der Waals surface area contributed by atoms with Crippen molar-refractivity contribution in [3.63, 3.8) is 0 Å². The van der Waals surface area contributed by atoms with Gasteiger partial charge in [-0.15, -0.1) is 0 Å². The van der Waals surface area contributed by atoms with E-state index in [9.17, 15) is 4.79 Å². The van der Waals surface area contributed by atoms with E-state index < -0.39 is 0 Å². The molecule has 1 aliphatic rings. The van der Waals surface area contributed by atoms with Gasteiger partial charge in [-0.3, -0.25) is 0 Å². The van der Waals surface area contributed by atoms with E-state index in [2.05, 4.69) is 25.7 Å². The number of carbonyl (C=O) groups excluding carboxylic acids is 1. The number of carbonyl (C=O) groups is 1. The van der Waals surface area contributed by atoms with Crippen LogP contribution in [0.3, 0.4) is 0 Å². The summed E-state index contributed by atoms with van der Waals surface area (Å²) in [6.45, 7) is 4.26. The highest BCUT2D eigenvalue weighted by molar-refractivity contribution is 5.92. The van der Waals surface area contributed by atoms with Gasteiger partial charge in [0.1, 0.15) is 0 Å². The first-order valence-corrected chi connectivity index (χ1v) is 7.95. The van der Waals surface area contributed by atoms with E-state index in [1.807, 2.05) is 25.1 Å². The van der Waals surface area contributed by atoms with Crippen LogP contribution in [0.1, 0.15) is 31.2 Å². The van der Waals surface area contributed by atoms with Crippen molar-refractivity contribution in [1.82, 2.24) is 15.5 Å². The van der Waals surface area contributed by atoms with Crippen molar-refractivity contribution in [3.8, 4) is 0 Å². The quantitative estimate of drug-likeness (QED) is 0.886. The van der Waals surface area contributed by atoms with Gasteiger partial charge in [0.05, 0.1) is 17.9 Å². The van der Waals surface area contributed by atoms with Crippen LogP contribution in [0.15, 0.2) is 28.9 Å². The lowest BCUT2D eigenvalue weighted by Gasteiger charge is -2.19. The Balaban J connectivity index is 1.59. The maximum Gasteiger partial charge on any atom is 0.319 e. The van der Waals surface area contributed by atoms with E-state index in [-0.39, 0.29) is 6.03 Å². The van der Waals surface area contributed by atoms with E-state index in [4.69, 9.17) is 4.52 Å². The SMILES string of the molecule is CCc1cc(CNC(=O)Nc2cccnc2N2CCCC2)on1. The number of pyridine rings is 1. The highest BCUT2D eigenvalue weighted by atomic mass is 16.5. The monoisotopic (exact) mass is 315 g/mol. The van der Waals surface area contributed by atoms with E-state index in [1.54, 1.807) is 6.20 Å². The minimum atomic E-state index is -0.284. The normalized spacial score (nSPS) is 14.0. The lowest BCUT2D eigenvalue weighted by Crippen LogP contribution is -2.29. The fourth-order valence-corrected chi connectivity index (χ4v) is 2.62. The van der Waals surface area contributed by atoms with E-state index >= 15 is 0 Å². The topological polar surface area (TPSA) is 83.3 Å². The summed E-state index contributed by atoms with van der Waals surface area (Å²) >= 11 is 0. The van der Waals surface area contributed by atoms with Crippen LogP contribution >= 0.6 is 0 Å². The molecule has 23 heavy (non-hydrogen) atoms. The maximum atomic E-state index is 12.1. The number of rotatable bonds is 5. The van der Waals surface area contributed by atoms with Gasteiger partial charge < -0.3 is 20.1 Å². The van der Waals surface area contributed by atoms with Gasteiger partial charge in [-0.1, -0.05) is 12.1 Å². The third kappa shape index (κ3) is 3.80. The van der Waals surface area contributed by atoms with E-state index in [0.717, 1.165) is 49.6 Å². The van der Waals surface area contributed by atoms with E-state index in [1.165, 1.54) is 0 Å². The molecule has 0 spiro atoms. The van der Waals surface area contributed by atoms with Crippen LogP contribution in [-0.4, -0.2) is 29.3 Å². The van der Waals surface area contributed by atoms with Gasteiger partial charge >= 0.3 is 6.03 Å². The summed E-state index contributed by atoms with van der Waals surface area (Å²) < 4.78 is 5.15. The van der Waals surface area contributed by atoms with Gasteiger partial charge in [0, 0.05) is 25.4 Å². The van der Waals surface area contributed by atoms with Crippen molar-refractivity contribution in [3.05, 3.63) is 35.9 Å². The summed E-state index contributed by atoms with van der Waals surface area (Å²) in [5, 5.41) is 9.53. The summed E-state index contributed by atoms with van der Waals surface area (Å²) in [6, 6.07) is 5.25. The molecule has 0 atom stereocenters. The molecule has 3 heterocycles. The zero-order valence-electron chi connectivity index (χ0n) is 13.2. The van der Waals surface area contributed by atoms with Crippen LogP contribution in [0.2, 0.25) is 0 Å². The minimum absolute atomic E-state index is 0.284. The summed E-state index contributed by atoms with van der Waals surface area (Å²) in [7, 11) is 0. The molecular formula is C16H21N5O2. The van der Waals surface area contributed by atoms with Crippen LogP contribution in [-0.2, 0) is 13.0 Å². The van der Waals surface area contributed by atoms with Crippen LogP contribution < -0.4 is 15.5 Å². The smallest absolute Gasteiger partial charge is 0.319 e. The number of aromatic nitrogens is 2. The van der Waals surface area contributed by atoms with Crippen LogP contribution in [0, 0.1) is 0 Å². The van der Waals surface area contributed by atoms with Crippen molar-refractivity contribution >= 4 is 17.5 Å². The van der Waals surface area contributed by atoms with Gasteiger partial charge in [-0.25, -0.2) is 9.78 Å². The Kier molecular flexibility index (Phi) is 4.75. The van der Waals surface area contributed by atoms with Crippen LogP contribution in [0.4, 0.5) is 16.3 Å². The Bertz CT molecular complexity index is 664. The van der Waals surface area contributed by atoms with Crippen LogP contribution in [0.25, 0.3) is 0 Å². The first kappa shape index (κ1) is 15.3. The van der Waals surface area contributed by atoms with Crippen molar-refractivity contribution < 1.29 is 9.32 Å². The second-order valence-electron chi connectivity index (χ2n) is 5.51. The zero-order chi connectivity index (χ0) is 16.1. The molecule has 0 saturated carbocycles. The highest BCUT2D eigenvalue weighted by Crippen LogP contribution is 2.25. The minimum Gasteiger partial charge on any atom is -0.359 e. The highest BCUT2D eigenvalue weighted by Gasteiger charge is 2.17. The molecule has 1 aliphatic heterocycles. The number of nitrogens with zero attached hydrogens (tertiary/aromatic N) is 3. The predicted octanol–water partition coefficient (Wildman–Crippen LogP) is 2.55. The molecule has 2 aromatic heterocycles. The molecule has 0 radical (unpaired) electrons. The van der Waals surface area contributed by atoms with Gasteiger partial charge in [-0.05, 0) is 31.4 Å². The van der Waals surface area contributed by atoms with Crippen molar-refractivity contribution in [2.24, 2.45) is 0 Å². The Morgan fingerprint density at radius 1 is 1.39 bits per heavy atom. The van der Waals surface area contributed by atoms with E-state index in [0.29, 0.717) is 12.3 Å². The third-order valence-corrected chi connectivity index (χ3v) is 3.83. The number of aryl methyl sites for hydroxylation is 1. The number of amides is 2. The van der Waals surface area contributed by atoms with Gasteiger partial charge in [0.15, 0.2) is 11.6 Å². The van der Waals surface area contributed by atoms with Gasteiger partial charge in [-0.2, -0.15) is 0 Å². The molecular weight excluding hydrogens is 294 g/mol. The molecule has 7 heteroatoms. The summed E-state index contributed by atoms with van der Waals surface area (Å²) in [6.07, 6.45) is 4.88. The lowest BCUT2D eigenvalue weighted by molar-refractivity contribution is 0.250.